The molecule has 0 aliphatic heterocycles. The molecule has 0 saturated carbocycles. The average molecular weight is 466 g/mol. The molecule has 0 spiro atoms. The lowest BCUT2D eigenvalue weighted by atomic mass is 10.1. The molecule has 6 heteroatoms. The van der Waals surface area contributed by atoms with Crippen molar-refractivity contribution in [3.8, 4) is 27.6 Å². The van der Waals surface area contributed by atoms with Gasteiger partial charge in [-0.15, -0.1) is 0 Å². The Hall–Kier alpha value is -4.16. The van der Waals surface area contributed by atoms with Gasteiger partial charge in [-0.3, -0.25) is 0 Å². The number of rotatable bonds is 6. The number of aryl methyl sites for hydroxylation is 1. The van der Waals surface area contributed by atoms with Gasteiger partial charge in [-0.2, -0.15) is 4.73 Å². The highest BCUT2D eigenvalue weighted by molar-refractivity contribution is 7.19. The summed E-state index contributed by atoms with van der Waals surface area (Å²) in [6.07, 6.45) is 3.00. The minimum atomic E-state index is 0.784. The van der Waals surface area contributed by atoms with Crippen molar-refractivity contribution in [1.29, 1.82) is 0 Å². The van der Waals surface area contributed by atoms with Crippen LogP contribution in [0.15, 0.2) is 103 Å². The second kappa shape index (κ2) is 9.37. The molecule has 0 unspecified atom stereocenters. The summed E-state index contributed by atoms with van der Waals surface area (Å²) in [6, 6.07) is 30.3. The van der Waals surface area contributed by atoms with E-state index >= 15 is 0 Å². The Morgan fingerprint density at radius 3 is 2.03 bits per heavy atom. The van der Waals surface area contributed by atoms with Crippen molar-refractivity contribution in [1.82, 2.24) is 4.98 Å². The van der Waals surface area contributed by atoms with Crippen LogP contribution in [0.3, 0.4) is 0 Å². The minimum Gasteiger partial charge on any atom is -0.619 e. The molecular weight excluding hydrogens is 442 g/mol. The van der Waals surface area contributed by atoms with Gasteiger partial charge in [-0.05, 0) is 43.3 Å². The number of aromatic nitrogens is 2. The third-order valence-corrected chi connectivity index (χ3v) is 6.62. The molecule has 0 bridgehead atoms. The van der Waals surface area contributed by atoms with Crippen molar-refractivity contribution in [2.24, 2.45) is 0 Å². The van der Waals surface area contributed by atoms with Crippen LogP contribution in [0.5, 0.6) is 5.75 Å². The summed E-state index contributed by atoms with van der Waals surface area (Å²) in [5.41, 5.74) is 6.05. The molecule has 3 aromatic carbocycles. The third kappa shape index (κ3) is 4.36. The Morgan fingerprint density at radius 1 is 0.794 bits per heavy atom. The lowest BCUT2D eigenvalue weighted by Gasteiger charge is -2.25. The Kier molecular flexibility index (Phi) is 5.97. The number of ether oxygens (including phenoxy) is 1. The van der Waals surface area contributed by atoms with Crippen LogP contribution in [0.1, 0.15) is 5.56 Å². The zero-order valence-corrected chi connectivity index (χ0v) is 19.7. The lowest BCUT2D eigenvalue weighted by Crippen LogP contribution is -2.23. The summed E-state index contributed by atoms with van der Waals surface area (Å²) >= 11 is 1.60. The summed E-state index contributed by atoms with van der Waals surface area (Å²) in [6.45, 7) is 2.08. The van der Waals surface area contributed by atoms with Gasteiger partial charge >= 0.3 is 0 Å². The molecule has 0 saturated heterocycles. The van der Waals surface area contributed by atoms with E-state index in [2.05, 4.69) is 60.4 Å². The number of pyridine rings is 1. The van der Waals surface area contributed by atoms with Crippen LogP contribution >= 0.6 is 11.3 Å². The molecule has 0 aliphatic carbocycles. The van der Waals surface area contributed by atoms with Crippen LogP contribution in [0.2, 0.25) is 0 Å². The Balaban J connectivity index is 1.73. The molecule has 0 atom stereocenters. The number of hydrogen-bond acceptors (Lipinski definition) is 5. The average Bonchev–Trinajstić information content (AvgIpc) is 3.32. The predicted molar refractivity (Wildman–Crippen MR) is 138 cm³/mol. The van der Waals surface area contributed by atoms with Crippen LogP contribution < -0.4 is 14.4 Å². The first-order valence-corrected chi connectivity index (χ1v) is 11.7. The highest BCUT2D eigenvalue weighted by Gasteiger charge is 2.23. The van der Waals surface area contributed by atoms with E-state index in [9.17, 15) is 5.21 Å². The number of benzene rings is 3. The maximum atomic E-state index is 11.6. The topological polar surface area (TPSA) is 52.3 Å². The number of hydrogen-bond donors (Lipinski definition) is 0. The molecule has 168 valence electrons. The predicted octanol–water partition coefficient (Wildman–Crippen LogP) is 6.90. The fourth-order valence-electron chi connectivity index (χ4n) is 3.74. The van der Waals surface area contributed by atoms with Gasteiger partial charge in [0.25, 0.3) is 0 Å². The van der Waals surface area contributed by atoms with Gasteiger partial charge < -0.3 is 14.8 Å². The first-order valence-electron chi connectivity index (χ1n) is 10.9. The van der Waals surface area contributed by atoms with E-state index in [0.717, 1.165) is 48.7 Å². The van der Waals surface area contributed by atoms with E-state index in [1.54, 1.807) is 30.6 Å². The quantitative estimate of drug-likeness (QED) is 0.202. The van der Waals surface area contributed by atoms with Crippen molar-refractivity contribution >= 4 is 27.7 Å². The first-order chi connectivity index (χ1) is 16.6. The molecule has 0 fully saturated rings. The SMILES string of the molecule is COc1ccc(N(c2ccc(C)cc2)c2sc(-c3cc[n+]([O-])cc3)nc2-c2ccccc2)cc1. The maximum Gasteiger partial charge on any atom is 0.181 e. The molecule has 5 rings (SSSR count). The standard InChI is InChI=1S/C28H23N3O2S/c1-20-8-10-23(11-9-20)31(24-12-14-25(33-2)15-13-24)28-26(21-6-4-3-5-7-21)29-27(34-28)22-16-18-30(32)19-17-22/h3-19H,1-2H3. The number of anilines is 3. The van der Waals surface area contributed by atoms with Crippen LogP contribution in [0.25, 0.3) is 21.8 Å². The van der Waals surface area contributed by atoms with E-state index < -0.39 is 0 Å². The Labute approximate surface area is 202 Å². The molecular formula is C28H23N3O2S. The zero-order valence-electron chi connectivity index (χ0n) is 18.9. The second-order valence-corrected chi connectivity index (χ2v) is 8.83. The number of nitrogens with zero attached hydrogens (tertiary/aromatic N) is 3. The normalized spacial score (nSPS) is 10.8. The smallest absolute Gasteiger partial charge is 0.181 e. The van der Waals surface area contributed by atoms with Gasteiger partial charge in [0.05, 0.1) is 7.11 Å². The molecule has 0 radical (unpaired) electrons. The molecule has 5 nitrogen and oxygen atoms in total. The molecule has 0 N–H and O–H groups in total. The molecule has 2 heterocycles. The van der Waals surface area contributed by atoms with Crippen molar-refractivity contribution in [2.45, 2.75) is 6.92 Å². The van der Waals surface area contributed by atoms with Crippen LogP contribution in [0, 0.1) is 12.1 Å². The van der Waals surface area contributed by atoms with E-state index in [0.29, 0.717) is 0 Å². The van der Waals surface area contributed by atoms with Gasteiger partial charge in [-0.1, -0.05) is 59.4 Å². The van der Waals surface area contributed by atoms with Crippen molar-refractivity contribution in [3.05, 3.63) is 114 Å². The van der Waals surface area contributed by atoms with Crippen molar-refractivity contribution < 1.29 is 9.47 Å². The van der Waals surface area contributed by atoms with Gasteiger partial charge in [0, 0.05) is 34.6 Å². The highest BCUT2D eigenvalue weighted by Crippen LogP contribution is 2.46. The zero-order chi connectivity index (χ0) is 23.5. The fraction of sp³-hybridized carbons (Fsp3) is 0.0714. The lowest BCUT2D eigenvalue weighted by molar-refractivity contribution is -0.605. The number of methoxy groups -OCH3 is 1. The molecule has 2 aromatic heterocycles. The summed E-state index contributed by atoms with van der Waals surface area (Å²) in [5.74, 6) is 0.802. The van der Waals surface area contributed by atoms with E-state index in [4.69, 9.17) is 9.72 Å². The van der Waals surface area contributed by atoms with Crippen LogP contribution in [0.4, 0.5) is 16.4 Å². The monoisotopic (exact) mass is 465 g/mol. The summed E-state index contributed by atoms with van der Waals surface area (Å²) in [7, 11) is 1.67. The van der Waals surface area contributed by atoms with Gasteiger partial charge in [0.1, 0.15) is 21.5 Å². The molecule has 0 aliphatic rings. The summed E-state index contributed by atoms with van der Waals surface area (Å²) < 4.78 is 6.17. The second-order valence-electron chi connectivity index (χ2n) is 7.85. The molecule has 0 amide bonds. The van der Waals surface area contributed by atoms with E-state index in [-0.39, 0.29) is 0 Å². The number of thiazole rings is 1. The van der Waals surface area contributed by atoms with E-state index in [1.165, 1.54) is 18.0 Å². The van der Waals surface area contributed by atoms with Crippen LogP contribution in [-0.4, -0.2) is 12.1 Å². The van der Waals surface area contributed by atoms with Crippen molar-refractivity contribution in [2.75, 3.05) is 12.0 Å². The summed E-state index contributed by atoms with van der Waals surface area (Å²) in [5, 5.41) is 13.4. The largest absolute Gasteiger partial charge is 0.619 e. The third-order valence-electron chi connectivity index (χ3n) is 5.53. The van der Waals surface area contributed by atoms with E-state index in [1.807, 2.05) is 30.3 Å². The van der Waals surface area contributed by atoms with Gasteiger partial charge in [0.15, 0.2) is 12.4 Å². The summed E-state index contributed by atoms with van der Waals surface area (Å²) in [4.78, 5) is 7.27. The fourth-order valence-corrected chi connectivity index (χ4v) is 4.87. The molecule has 5 aromatic rings. The first kappa shape index (κ1) is 21.7. The Bertz CT molecular complexity index is 1380. The van der Waals surface area contributed by atoms with Crippen LogP contribution in [-0.2, 0) is 0 Å². The maximum absolute atomic E-state index is 11.6. The highest BCUT2D eigenvalue weighted by atomic mass is 32.1. The molecule has 34 heavy (non-hydrogen) atoms. The minimum absolute atomic E-state index is 0.784. The van der Waals surface area contributed by atoms with Gasteiger partial charge in [-0.25, -0.2) is 4.98 Å². The van der Waals surface area contributed by atoms with Crippen molar-refractivity contribution in [3.63, 3.8) is 0 Å². The Morgan fingerprint density at radius 2 is 1.41 bits per heavy atom. The van der Waals surface area contributed by atoms with Gasteiger partial charge in [0.2, 0.25) is 0 Å².